The summed E-state index contributed by atoms with van der Waals surface area (Å²) in [5.74, 6) is 0.113. The zero-order valence-corrected chi connectivity index (χ0v) is 10.7. The fourth-order valence-electron chi connectivity index (χ4n) is 1.38. The van der Waals surface area contributed by atoms with Crippen LogP contribution in [0.3, 0.4) is 0 Å². The highest BCUT2D eigenvalue weighted by atomic mass is 32.2. The molecule has 0 aliphatic heterocycles. The van der Waals surface area contributed by atoms with Crippen LogP contribution in [0.25, 0.3) is 0 Å². The van der Waals surface area contributed by atoms with Crippen molar-refractivity contribution in [2.45, 2.75) is 12.8 Å². The standard InChI is InChI=1S/C13H18O3S/c1-2-17(14,15)12-6-10-16-11-9-13-7-4-3-5-8-13/h2-5,7-8H,1,6,9-12H2. The number of hydrogen-bond donors (Lipinski definition) is 0. The van der Waals surface area contributed by atoms with Crippen LogP contribution in [0.2, 0.25) is 0 Å². The Morgan fingerprint density at radius 3 is 2.53 bits per heavy atom. The van der Waals surface area contributed by atoms with Gasteiger partial charge < -0.3 is 4.74 Å². The Morgan fingerprint density at radius 1 is 1.18 bits per heavy atom. The molecule has 3 nitrogen and oxygen atoms in total. The van der Waals surface area contributed by atoms with E-state index in [4.69, 9.17) is 4.74 Å². The largest absolute Gasteiger partial charge is 0.381 e. The minimum Gasteiger partial charge on any atom is -0.381 e. The van der Waals surface area contributed by atoms with Crippen molar-refractivity contribution < 1.29 is 13.2 Å². The molecule has 0 aliphatic rings. The van der Waals surface area contributed by atoms with Crippen molar-refractivity contribution in [1.29, 1.82) is 0 Å². The highest BCUT2D eigenvalue weighted by Gasteiger charge is 2.03. The van der Waals surface area contributed by atoms with Crippen molar-refractivity contribution in [1.82, 2.24) is 0 Å². The summed E-state index contributed by atoms with van der Waals surface area (Å²) in [7, 11) is -3.07. The molecule has 0 heterocycles. The molecule has 0 N–H and O–H groups in total. The van der Waals surface area contributed by atoms with E-state index < -0.39 is 9.84 Å². The van der Waals surface area contributed by atoms with Crippen molar-refractivity contribution in [2.24, 2.45) is 0 Å². The number of ether oxygens (including phenoxy) is 1. The number of rotatable bonds is 8. The van der Waals surface area contributed by atoms with Gasteiger partial charge in [-0.1, -0.05) is 36.9 Å². The molecule has 94 valence electrons. The Balaban J connectivity index is 2.08. The van der Waals surface area contributed by atoms with E-state index in [1.54, 1.807) is 0 Å². The minimum absolute atomic E-state index is 0.113. The number of benzene rings is 1. The quantitative estimate of drug-likeness (QED) is 0.668. The third-order valence-electron chi connectivity index (χ3n) is 2.35. The van der Waals surface area contributed by atoms with Gasteiger partial charge in [0.2, 0.25) is 0 Å². The third-order valence-corrected chi connectivity index (χ3v) is 3.71. The van der Waals surface area contributed by atoms with Crippen molar-refractivity contribution >= 4 is 9.84 Å². The zero-order valence-electron chi connectivity index (χ0n) is 9.84. The normalized spacial score (nSPS) is 11.3. The predicted molar refractivity (Wildman–Crippen MR) is 69.6 cm³/mol. The van der Waals surface area contributed by atoms with E-state index >= 15 is 0 Å². The first-order valence-electron chi connectivity index (χ1n) is 5.61. The smallest absolute Gasteiger partial charge is 0.171 e. The number of hydrogen-bond acceptors (Lipinski definition) is 3. The second kappa shape index (κ2) is 7.25. The second-order valence-corrected chi connectivity index (χ2v) is 5.80. The molecule has 0 aromatic heterocycles. The van der Waals surface area contributed by atoms with Gasteiger partial charge in [0, 0.05) is 12.0 Å². The Morgan fingerprint density at radius 2 is 1.88 bits per heavy atom. The van der Waals surface area contributed by atoms with E-state index in [-0.39, 0.29) is 5.75 Å². The Hall–Kier alpha value is -1.13. The van der Waals surface area contributed by atoms with Gasteiger partial charge in [-0.25, -0.2) is 8.42 Å². The maximum Gasteiger partial charge on any atom is 0.171 e. The summed E-state index contributed by atoms with van der Waals surface area (Å²) in [4.78, 5) is 0. The molecule has 0 atom stereocenters. The fourth-order valence-corrected chi connectivity index (χ4v) is 2.07. The van der Waals surface area contributed by atoms with Gasteiger partial charge in [-0.05, 0) is 18.4 Å². The average Bonchev–Trinajstić information content (AvgIpc) is 2.35. The summed E-state index contributed by atoms with van der Waals surface area (Å²) in [5, 5.41) is 0.997. The molecular weight excluding hydrogens is 236 g/mol. The maximum absolute atomic E-state index is 11.1. The van der Waals surface area contributed by atoms with E-state index in [0.717, 1.165) is 11.8 Å². The van der Waals surface area contributed by atoms with Gasteiger partial charge in [-0.2, -0.15) is 0 Å². The van der Waals surface area contributed by atoms with Crippen LogP contribution < -0.4 is 0 Å². The van der Waals surface area contributed by atoms with Crippen LogP contribution in [0.5, 0.6) is 0 Å². The first-order chi connectivity index (χ1) is 8.14. The lowest BCUT2D eigenvalue weighted by atomic mass is 10.2. The average molecular weight is 254 g/mol. The lowest BCUT2D eigenvalue weighted by molar-refractivity contribution is 0.138. The number of sulfone groups is 1. The van der Waals surface area contributed by atoms with Gasteiger partial charge in [0.15, 0.2) is 9.84 Å². The topological polar surface area (TPSA) is 43.4 Å². The molecule has 0 spiro atoms. The first-order valence-corrected chi connectivity index (χ1v) is 7.32. The van der Waals surface area contributed by atoms with Gasteiger partial charge >= 0.3 is 0 Å². The Kier molecular flexibility index (Phi) is 5.94. The zero-order chi connectivity index (χ0) is 12.6. The molecule has 1 aromatic carbocycles. The van der Waals surface area contributed by atoms with Gasteiger partial charge in [0.1, 0.15) is 0 Å². The molecule has 0 fully saturated rings. The molecular formula is C13H18O3S. The maximum atomic E-state index is 11.1. The van der Waals surface area contributed by atoms with Crippen LogP contribution in [-0.4, -0.2) is 27.4 Å². The van der Waals surface area contributed by atoms with Gasteiger partial charge in [0.05, 0.1) is 12.4 Å². The second-order valence-electron chi connectivity index (χ2n) is 3.74. The van der Waals surface area contributed by atoms with Crippen LogP contribution in [0.4, 0.5) is 0 Å². The van der Waals surface area contributed by atoms with Gasteiger partial charge in [-0.3, -0.25) is 0 Å². The summed E-state index contributed by atoms with van der Waals surface area (Å²) in [6.07, 6.45) is 1.37. The van der Waals surface area contributed by atoms with E-state index in [9.17, 15) is 8.42 Å². The molecule has 0 unspecified atom stereocenters. The molecule has 1 rings (SSSR count). The minimum atomic E-state index is -3.07. The highest BCUT2D eigenvalue weighted by Crippen LogP contribution is 2.00. The van der Waals surface area contributed by atoms with Crippen LogP contribution in [0, 0.1) is 0 Å². The van der Waals surface area contributed by atoms with Crippen LogP contribution in [0.15, 0.2) is 42.3 Å². The van der Waals surface area contributed by atoms with Crippen molar-refractivity contribution in [3.63, 3.8) is 0 Å². The molecule has 0 radical (unpaired) electrons. The molecule has 17 heavy (non-hydrogen) atoms. The third kappa shape index (κ3) is 6.24. The molecule has 0 amide bonds. The van der Waals surface area contributed by atoms with E-state index in [1.807, 2.05) is 30.3 Å². The van der Waals surface area contributed by atoms with Crippen molar-refractivity contribution in [3.8, 4) is 0 Å². The lowest BCUT2D eigenvalue weighted by Gasteiger charge is -2.04. The Bertz CT molecular complexity index is 423. The van der Waals surface area contributed by atoms with Crippen molar-refractivity contribution in [3.05, 3.63) is 47.9 Å². The Labute approximate surface area is 103 Å². The molecule has 4 heteroatoms. The van der Waals surface area contributed by atoms with E-state index in [2.05, 4.69) is 6.58 Å². The predicted octanol–water partition coefficient (Wildman–Crippen LogP) is 2.19. The molecule has 0 aliphatic carbocycles. The molecule has 0 bridgehead atoms. The summed E-state index contributed by atoms with van der Waals surface area (Å²) < 4.78 is 27.5. The summed E-state index contributed by atoms with van der Waals surface area (Å²) >= 11 is 0. The van der Waals surface area contributed by atoms with Gasteiger partial charge in [-0.15, -0.1) is 0 Å². The molecule has 0 saturated heterocycles. The first kappa shape index (κ1) is 13.9. The SMILES string of the molecule is C=CS(=O)(=O)CCCOCCc1ccccc1. The fraction of sp³-hybridized carbons (Fsp3) is 0.385. The molecule has 1 aromatic rings. The van der Waals surface area contributed by atoms with Gasteiger partial charge in [0.25, 0.3) is 0 Å². The lowest BCUT2D eigenvalue weighted by Crippen LogP contribution is -2.07. The summed E-state index contributed by atoms with van der Waals surface area (Å²) in [6.45, 7) is 4.35. The summed E-state index contributed by atoms with van der Waals surface area (Å²) in [6, 6.07) is 10.1. The summed E-state index contributed by atoms with van der Waals surface area (Å²) in [5.41, 5.74) is 1.23. The van der Waals surface area contributed by atoms with Crippen LogP contribution >= 0.6 is 0 Å². The molecule has 0 saturated carbocycles. The highest BCUT2D eigenvalue weighted by molar-refractivity contribution is 7.94. The van der Waals surface area contributed by atoms with Crippen LogP contribution in [-0.2, 0) is 21.0 Å². The van der Waals surface area contributed by atoms with E-state index in [0.29, 0.717) is 19.6 Å². The monoisotopic (exact) mass is 254 g/mol. The van der Waals surface area contributed by atoms with Crippen LogP contribution in [0.1, 0.15) is 12.0 Å². The van der Waals surface area contributed by atoms with E-state index in [1.165, 1.54) is 5.56 Å². The van der Waals surface area contributed by atoms with Crippen molar-refractivity contribution in [2.75, 3.05) is 19.0 Å².